The Morgan fingerprint density at radius 2 is 2.18 bits per heavy atom. The smallest absolute Gasteiger partial charge is 0.249 e. The molecule has 0 bridgehead atoms. The summed E-state index contributed by atoms with van der Waals surface area (Å²) < 4.78 is 0. The molecule has 1 rings (SSSR count). The highest BCUT2D eigenvalue weighted by molar-refractivity contribution is 5.93. The molecule has 2 heteroatoms. The van der Waals surface area contributed by atoms with Crippen molar-refractivity contribution >= 4 is 5.91 Å². The fourth-order valence-electron chi connectivity index (χ4n) is 1.16. The third-order valence-electron chi connectivity index (χ3n) is 1.99. The number of nitrogens with zero attached hydrogens (tertiary/aromatic N) is 1. The second kappa shape index (κ2) is 3.56. The maximum absolute atomic E-state index is 11.4. The molecule has 0 radical (unpaired) electrons. The molecule has 0 aliphatic carbocycles. The standard InChI is InChI=1S/C9H15NO/c1-3-5-8(2)9(11)10-6-4-7-10/h5H,3-4,6-7H2,1-2H3/b8-5-. The van der Waals surface area contributed by atoms with Crippen molar-refractivity contribution in [2.45, 2.75) is 26.7 Å². The average Bonchev–Trinajstić information content (AvgIpc) is 1.84. The van der Waals surface area contributed by atoms with Gasteiger partial charge in [0, 0.05) is 18.7 Å². The maximum atomic E-state index is 11.4. The fraction of sp³-hybridized carbons (Fsp3) is 0.667. The van der Waals surface area contributed by atoms with E-state index in [1.807, 2.05) is 24.8 Å². The predicted octanol–water partition coefficient (Wildman–Crippen LogP) is 1.58. The Kier molecular flexibility index (Phi) is 2.69. The lowest BCUT2D eigenvalue weighted by Gasteiger charge is -2.31. The van der Waals surface area contributed by atoms with E-state index >= 15 is 0 Å². The van der Waals surface area contributed by atoms with Crippen molar-refractivity contribution in [3.8, 4) is 0 Å². The summed E-state index contributed by atoms with van der Waals surface area (Å²) in [5, 5.41) is 0. The molecule has 0 aromatic carbocycles. The molecule has 0 unspecified atom stereocenters. The highest BCUT2D eigenvalue weighted by Gasteiger charge is 2.20. The topological polar surface area (TPSA) is 20.3 Å². The van der Waals surface area contributed by atoms with Crippen LogP contribution in [0.2, 0.25) is 0 Å². The number of hydrogen-bond donors (Lipinski definition) is 0. The van der Waals surface area contributed by atoms with Crippen molar-refractivity contribution in [1.82, 2.24) is 4.90 Å². The molecular formula is C9H15NO. The van der Waals surface area contributed by atoms with Gasteiger partial charge in [-0.15, -0.1) is 0 Å². The third kappa shape index (κ3) is 1.82. The summed E-state index contributed by atoms with van der Waals surface area (Å²) in [6.45, 7) is 5.85. The lowest BCUT2D eigenvalue weighted by molar-refractivity contribution is -0.130. The molecule has 1 heterocycles. The Hall–Kier alpha value is -0.790. The van der Waals surface area contributed by atoms with Crippen LogP contribution in [-0.4, -0.2) is 23.9 Å². The van der Waals surface area contributed by atoms with Crippen LogP contribution in [0.3, 0.4) is 0 Å². The van der Waals surface area contributed by atoms with Crippen LogP contribution in [0.4, 0.5) is 0 Å². The average molecular weight is 153 g/mol. The molecule has 0 atom stereocenters. The van der Waals surface area contributed by atoms with Crippen LogP contribution in [0.25, 0.3) is 0 Å². The molecule has 0 saturated carbocycles. The van der Waals surface area contributed by atoms with Crippen molar-refractivity contribution in [2.75, 3.05) is 13.1 Å². The molecule has 0 spiro atoms. The molecule has 1 saturated heterocycles. The fourth-order valence-corrected chi connectivity index (χ4v) is 1.16. The van der Waals surface area contributed by atoms with Crippen LogP contribution in [0.15, 0.2) is 11.6 Å². The molecule has 0 N–H and O–H groups in total. The van der Waals surface area contributed by atoms with E-state index < -0.39 is 0 Å². The molecule has 11 heavy (non-hydrogen) atoms. The first-order valence-electron chi connectivity index (χ1n) is 4.21. The van der Waals surface area contributed by atoms with Crippen molar-refractivity contribution < 1.29 is 4.79 Å². The minimum Gasteiger partial charge on any atom is -0.339 e. The highest BCUT2D eigenvalue weighted by Crippen LogP contribution is 2.10. The largest absolute Gasteiger partial charge is 0.339 e. The van der Waals surface area contributed by atoms with Gasteiger partial charge < -0.3 is 4.90 Å². The number of amides is 1. The first kappa shape index (κ1) is 8.31. The second-order valence-electron chi connectivity index (χ2n) is 2.94. The zero-order valence-electron chi connectivity index (χ0n) is 7.26. The number of hydrogen-bond acceptors (Lipinski definition) is 1. The van der Waals surface area contributed by atoms with Crippen molar-refractivity contribution in [3.05, 3.63) is 11.6 Å². The Balaban J connectivity index is 2.45. The number of carbonyl (C=O) groups excluding carboxylic acids is 1. The van der Waals surface area contributed by atoms with Crippen molar-refractivity contribution in [1.29, 1.82) is 0 Å². The Bertz CT molecular complexity index is 180. The lowest BCUT2D eigenvalue weighted by Crippen LogP contribution is -2.42. The van der Waals surface area contributed by atoms with Gasteiger partial charge in [-0.2, -0.15) is 0 Å². The summed E-state index contributed by atoms with van der Waals surface area (Å²) >= 11 is 0. The van der Waals surface area contributed by atoms with E-state index in [4.69, 9.17) is 0 Å². The van der Waals surface area contributed by atoms with E-state index in [0.29, 0.717) is 0 Å². The van der Waals surface area contributed by atoms with Gasteiger partial charge in [0.2, 0.25) is 5.91 Å². The monoisotopic (exact) mass is 153 g/mol. The number of allylic oxidation sites excluding steroid dienone is 1. The van der Waals surface area contributed by atoms with E-state index in [1.165, 1.54) is 6.42 Å². The molecular weight excluding hydrogens is 138 g/mol. The van der Waals surface area contributed by atoms with E-state index in [1.54, 1.807) is 0 Å². The summed E-state index contributed by atoms with van der Waals surface area (Å²) in [5.41, 5.74) is 0.896. The van der Waals surface area contributed by atoms with Crippen LogP contribution in [-0.2, 0) is 4.79 Å². The summed E-state index contributed by atoms with van der Waals surface area (Å²) in [7, 11) is 0. The number of rotatable bonds is 2. The second-order valence-corrected chi connectivity index (χ2v) is 2.94. The molecule has 1 aliphatic heterocycles. The van der Waals surface area contributed by atoms with Crippen LogP contribution in [0.1, 0.15) is 26.7 Å². The summed E-state index contributed by atoms with van der Waals surface area (Å²) in [5.74, 6) is 0.220. The summed E-state index contributed by atoms with van der Waals surface area (Å²) in [6, 6.07) is 0. The number of likely N-dealkylation sites (tertiary alicyclic amines) is 1. The molecule has 2 nitrogen and oxygen atoms in total. The van der Waals surface area contributed by atoms with Gasteiger partial charge in [-0.05, 0) is 19.8 Å². The van der Waals surface area contributed by atoms with Crippen LogP contribution < -0.4 is 0 Å². The lowest BCUT2D eigenvalue weighted by atomic mass is 10.1. The quantitative estimate of drug-likeness (QED) is 0.551. The molecule has 1 fully saturated rings. The zero-order chi connectivity index (χ0) is 8.27. The van der Waals surface area contributed by atoms with Gasteiger partial charge in [0.15, 0.2) is 0 Å². The highest BCUT2D eigenvalue weighted by atomic mass is 16.2. The Labute approximate surface area is 67.9 Å². The van der Waals surface area contributed by atoms with Crippen molar-refractivity contribution in [3.63, 3.8) is 0 Å². The van der Waals surface area contributed by atoms with Crippen LogP contribution in [0, 0.1) is 0 Å². The van der Waals surface area contributed by atoms with Gasteiger partial charge in [0.05, 0.1) is 0 Å². The van der Waals surface area contributed by atoms with E-state index in [2.05, 4.69) is 0 Å². The van der Waals surface area contributed by atoms with Gasteiger partial charge in [-0.1, -0.05) is 13.0 Å². The maximum Gasteiger partial charge on any atom is 0.249 e. The van der Waals surface area contributed by atoms with Gasteiger partial charge >= 0.3 is 0 Å². The third-order valence-corrected chi connectivity index (χ3v) is 1.99. The van der Waals surface area contributed by atoms with E-state index in [9.17, 15) is 4.79 Å². The molecule has 1 aliphatic rings. The Morgan fingerprint density at radius 3 is 2.55 bits per heavy atom. The van der Waals surface area contributed by atoms with Crippen LogP contribution in [0.5, 0.6) is 0 Å². The minimum absolute atomic E-state index is 0.220. The predicted molar refractivity (Wildman–Crippen MR) is 45.2 cm³/mol. The minimum atomic E-state index is 0.220. The molecule has 0 aromatic rings. The normalized spacial score (nSPS) is 18.0. The zero-order valence-corrected chi connectivity index (χ0v) is 7.26. The Morgan fingerprint density at radius 1 is 1.55 bits per heavy atom. The van der Waals surface area contributed by atoms with Gasteiger partial charge in [0.25, 0.3) is 0 Å². The first-order chi connectivity index (χ1) is 5.25. The SMILES string of the molecule is CC/C=C(/C)C(=O)N1CCC1. The van der Waals surface area contributed by atoms with Crippen molar-refractivity contribution in [2.24, 2.45) is 0 Å². The van der Waals surface area contributed by atoms with Gasteiger partial charge in [0.1, 0.15) is 0 Å². The molecule has 0 aromatic heterocycles. The first-order valence-corrected chi connectivity index (χ1v) is 4.21. The molecule has 62 valence electrons. The van der Waals surface area contributed by atoms with Gasteiger partial charge in [-0.25, -0.2) is 0 Å². The van der Waals surface area contributed by atoms with E-state index in [0.717, 1.165) is 25.1 Å². The summed E-state index contributed by atoms with van der Waals surface area (Å²) in [4.78, 5) is 13.3. The molecule has 1 amide bonds. The van der Waals surface area contributed by atoms with E-state index in [-0.39, 0.29) is 5.91 Å². The number of carbonyl (C=O) groups is 1. The van der Waals surface area contributed by atoms with Gasteiger partial charge in [-0.3, -0.25) is 4.79 Å². The van der Waals surface area contributed by atoms with Crippen LogP contribution >= 0.6 is 0 Å². The summed E-state index contributed by atoms with van der Waals surface area (Å²) in [6.07, 6.45) is 4.11.